The van der Waals surface area contributed by atoms with Gasteiger partial charge in [-0.1, -0.05) is 44.2 Å². The standard InChI is InChI=1S/C16H24N2O/c1-13(2)15(14-7-5-4-6-8-14)16(19)18-11-9-17(3)10-12-18/h4-8,13,15H,9-12H2,1-3H3/p+1. The van der Waals surface area contributed by atoms with Gasteiger partial charge in [0.05, 0.1) is 39.1 Å². The number of carbonyl (C=O) groups excluding carboxylic acids is 1. The maximum absolute atomic E-state index is 12.8. The van der Waals surface area contributed by atoms with Crippen molar-refractivity contribution < 1.29 is 9.69 Å². The van der Waals surface area contributed by atoms with E-state index in [1.54, 1.807) is 0 Å². The van der Waals surface area contributed by atoms with Crippen molar-refractivity contribution in [2.45, 2.75) is 19.8 Å². The van der Waals surface area contributed by atoms with Gasteiger partial charge in [-0.15, -0.1) is 0 Å². The molecular formula is C16H25N2O+. The van der Waals surface area contributed by atoms with Gasteiger partial charge in [-0.25, -0.2) is 0 Å². The number of nitrogens with zero attached hydrogens (tertiary/aromatic N) is 1. The van der Waals surface area contributed by atoms with E-state index in [-0.39, 0.29) is 5.92 Å². The maximum Gasteiger partial charge on any atom is 0.230 e. The third-order valence-corrected chi connectivity index (χ3v) is 4.02. The zero-order valence-corrected chi connectivity index (χ0v) is 12.2. The van der Waals surface area contributed by atoms with Crippen LogP contribution >= 0.6 is 0 Å². The van der Waals surface area contributed by atoms with Gasteiger partial charge in [-0.05, 0) is 11.5 Å². The average Bonchev–Trinajstić information content (AvgIpc) is 2.40. The zero-order chi connectivity index (χ0) is 13.8. The van der Waals surface area contributed by atoms with E-state index < -0.39 is 0 Å². The highest BCUT2D eigenvalue weighted by atomic mass is 16.2. The van der Waals surface area contributed by atoms with Crippen LogP contribution in [0.15, 0.2) is 30.3 Å². The summed E-state index contributed by atoms with van der Waals surface area (Å²) >= 11 is 0. The Labute approximate surface area is 116 Å². The minimum Gasteiger partial charge on any atom is -0.334 e. The predicted molar refractivity (Wildman–Crippen MR) is 77.2 cm³/mol. The molecule has 1 aliphatic heterocycles. The van der Waals surface area contributed by atoms with Gasteiger partial charge in [0, 0.05) is 0 Å². The van der Waals surface area contributed by atoms with Crippen molar-refractivity contribution in [1.29, 1.82) is 0 Å². The molecule has 2 rings (SSSR count). The Balaban J connectivity index is 2.14. The minimum atomic E-state index is -0.000365. The lowest BCUT2D eigenvalue weighted by atomic mass is 9.87. The summed E-state index contributed by atoms with van der Waals surface area (Å²) in [6.45, 7) is 8.17. The Kier molecular flexibility index (Phi) is 4.59. The number of hydrogen-bond donors (Lipinski definition) is 1. The topological polar surface area (TPSA) is 24.8 Å². The van der Waals surface area contributed by atoms with Crippen LogP contribution < -0.4 is 4.90 Å². The molecule has 0 bridgehead atoms. The molecule has 0 saturated carbocycles. The molecule has 0 aromatic heterocycles. The molecule has 3 nitrogen and oxygen atoms in total. The molecule has 3 heteroatoms. The van der Waals surface area contributed by atoms with Crippen molar-refractivity contribution in [1.82, 2.24) is 4.90 Å². The Morgan fingerprint density at radius 3 is 2.26 bits per heavy atom. The third-order valence-electron chi connectivity index (χ3n) is 4.02. The monoisotopic (exact) mass is 261 g/mol. The van der Waals surface area contributed by atoms with E-state index in [9.17, 15) is 4.79 Å². The lowest BCUT2D eigenvalue weighted by Crippen LogP contribution is -3.12. The molecule has 1 heterocycles. The molecule has 1 amide bonds. The van der Waals surface area contributed by atoms with Crippen molar-refractivity contribution in [3.63, 3.8) is 0 Å². The summed E-state index contributed by atoms with van der Waals surface area (Å²) in [6.07, 6.45) is 0. The molecule has 104 valence electrons. The fourth-order valence-corrected chi connectivity index (χ4v) is 2.78. The molecule has 0 spiro atoms. The number of likely N-dealkylation sites (N-methyl/N-ethyl adjacent to an activating group) is 1. The number of piperazine rings is 1. The third kappa shape index (κ3) is 3.35. The molecular weight excluding hydrogens is 236 g/mol. The van der Waals surface area contributed by atoms with Crippen molar-refractivity contribution in [2.24, 2.45) is 5.92 Å². The van der Waals surface area contributed by atoms with Gasteiger partial charge < -0.3 is 9.80 Å². The lowest BCUT2D eigenvalue weighted by Gasteiger charge is -2.34. The first-order valence-corrected chi connectivity index (χ1v) is 7.24. The van der Waals surface area contributed by atoms with Gasteiger partial charge in [0.1, 0.15) is 0 Å². The zero-order valence-electron chi connectivity index (χ0n) is 12.2. The van der Waals surface area contributed by atoms with E-state index >= 15 is 0 Å². The second-order valence-electron chi connectivity index (χ2n) is 5.91. The summed E-state index contributed by atoms with van der Waals surface area (Å²) in [6, 6.07) is 10.2. The lowest BCUT2D eigenvalue weighted by molar-refractivity contribution is -0.883. The summed E-state index contributed by atoms with van der Waals surface area (Å²) in [5.74, 6) is 0.634. The number of rotatable bonds is 3. The number of benzene rings is 1. The molecule has 1 aliphatic rings. The average molecular weight is 261 g/mol. The van der Waals surface area contributed by atoms with Gasteiger partial charge in [0.15, 0.2) is 0 Å². The molecule has 0 radical (unpaired) electrons. The summed E-state index contributed by atoms with van der Waals surface area (Å²) in [5, 5.41) is 0. The van der Waals surface area contributed by atoms with Crippen molar-refractivity contribution in [2.75, 3.05) is 33.2 Å². The van der Waals surface area contributed by atoms with Crippen LogP contribution in [0, 0.1) is 5.92 Å². The number of nitrogens with one attached hydrogen (secondary N) is 1. The first-order chi connectivity index (χ1) is 9.09. The van der Waals surface area contributed by atoms with Crippen LogP contribution in [-0.2, 0) is 4.79 Å². The fraction of sp³-hybridized carbons (Fsp3) is 0.562. The van der Waals surface area contributed by atoms with E-state index in [2.05, 4.69) is 33.0 Å². The Morgan fingerprint density at radius 2 is 1.74 bits per heavy atom. The summed E-state index contributed by atoms with van der Waals surface area (Å²) in [5.41, 5.74) is 1.15. The number of amides is 1. The highest BCUT2D eigenvalue weighted by Gasteiger charge is 2.30. The van der Waals surface area contributed by atoms with Crippen LogP contribution in [0.5, 0.6) is 0 Å². The van der Waals surface area contributed by atoms with Crippen LogP contribution in [0.4, 0.5) is 0 Å². The van der Waals surface area contributed by atoms with Gasteiger partial charge in [0.2, 0.25) is 5.91 Å². The second-order valence-corrected chi connectivity index (χ2v) is 5.91. The van der Waals surface area contributed by atoms with Gasteiger partial charge in [-0.2, -0.15) is 0 Å². The highest BCUT2D eigenvalue weighted by molar-refractivity contribution is 5.84. The van der Waals surface area contributed by atoms with Gasteiger partial charge in [0.25, 0.3) is 0 Å². The quantitative estimate of drug-likeness (QED) is 0.854. The summed E-state index contributed by atoms with van der Waals surface area (Å²) in [4.78, 5) is 16.3. The second kappa shape index (κ2) is 6.20. The molecule has 1 saturated heterocycles. The minimum absolute atomic E-state index is 0.000365. The molecule has 1 atom stereocenters. The van der Waals surface area contributed by atoms with E-state index in [1.807, 2.05) is 23.1 Å². The SMILES string of the molecule is CC(C)C(C(=O)N1CC[NH+](C)CC1)c1ccccc1. The number of hydrogen-bond acceptors (Lipinski definition) is 1. The Hall–Kier alpha value is -1.35. The molecule has 1 N–H and O–H groups in total. The normalized spacial score (nSPS) is 18.6. The molecule has 1 aromatic rings. The van der Waals surface area contributed by atoms with Crippen LogP contribution in [0.25, 0.3) is 0 Å². The van der Waals surface area contributed by atoms with Crippen LogP contribution in [0.2, 0.25) is 0 Å². The molecule has 1 unspecified atom stereocenters. The Bertz CT molecular complexity index is 408. The number of carbonyl (C=O) groups is 1. The van der Waals surface area contributed by atoms with Crippen LogP contribution in [0.3, 0.4) is 0 Å². The van der Waals surface area contributed by atoms with E-state index in [4.69, 9.17) is 0 Å². The summed E-state index contributed by atoms with van der Waals surface area (Å²) < 4.78 is 0. The predicted octanol–water partition coefficient (Wildman–Crippen LogP) is 0.783. The van der Waals surface area contributed by atoms with E-state index in [0.717, 1.165) is 31.7 Å². The molecule has 19 heavy (non-hydrogen) atoms. The first kappa shape index (κ1) is 14.1. The van der Waals surface area contributed by atoms with Crippen LogP contribution in [0.1, 0.15) is 25.3 Å². The van der Waals surface area contributed by atoms with Gasteiger partial charge in [-0.3, -0.25) is 4.79 Å². The molecule has 1 fully saturated rings. The van der Waals surface area contributed by atoms with Gasteiger partial charge >= 0.3 is 0 Å². The van der Waals surface area contributed by atoms with Crippen molar-refractivity contribution in [3.8, 4) is 0 Å². The van der Waals surface area contributed by atoms with Crippen molar-refractivity contribution >= 4 is 5.91 Å². The van der Waals surface area contributed by atoms with Crippen LogP contribution in [-0.4, -0.2) is 44.0 Å². The first-order valence-electron chi connectivity index (χ1n) is 7.24. The largest absolute Gasteiger partial charge is 0.334 e. The fourth-order valence-electron chi connectivity index (χ4n) is 2.78. The Morgan fingerprint density at radius 1 is 1.16 bits per heavy atom. The van der Waals surface area contributed by atoms with Crippen molar-refractivity contribution in [3.05, 3.63) is 35.9 Å². The molecule has 1 aromatic carbocycles. The van der Waals surface area contributed by atoms with E-state index in [0.29, 0.717) is 11.8 Å². The summed E-state index contributed by atoms with van der Waals surface area (Å²) in [7, 11) is 2.19. The smallest absolute Gasteiger partial charge is 0.230 e. The van der Waals surface area contributed by atoms with E-state index in [1.165, 1.54) is 4.90 Å². The maximum atomic E-state index is 12.8. The highest BCUT2D eigenvalue weighted by Crippen LogP contribution is 2.26. The molecule has 0 aliphatic carbocycles. The number of quaternary nitrogens is 1.